The van der Waals surface area contributed by atoms with Crippen LogP contribution in [0.25, 0.3) is 0 Å². The average molecular weight is 346 g/mol. The van der Waals surface area contributed by atoms with Crippen molar-refractivity contribution in [3.05, 3.63) is 29.3 Å². The lowest BCUT2D eigenvalue weighted by Crippen LogP contribution is -2.51. The molecule has 1 fully saturated rings. The number of nitrogens with two attached hydrogens (primary N) is 1. The number of anilines is 1. The van der Waals surface area contributed by atoms with Crippen LogP contribution in [0.15, 0.2) is 18.2 Å². The topological polar surface area (TPSA) is 122 Å². The molecule has 0 spiro atoms. The van der Waals surface area contributed by atoms with Crippen molar-refractivity contribution in [2.75, 3.05) is 11.9 Å². The second-order valence-corrected chi connectivity index (χ2v) is 5.93. The highest BCUT2D eigenvalue weighted by Crippen LogP contribution is 2.23. The molecule has 4 amide bonds. The molecule has 1 aliphatic heterocycles. The Labute approximate surface area is 145 Å². The summed E-state index contributed by atoms with van der Waals surface area (Å²) >= 11 is 0. The van der Waals surface area contributed by atoms with Gasteiger partial charge in [0.05, 0.1) is 0 Å². The van der Waals surface area contributed by atoms with E-state index in [-0.39, 0.29) is 44.2 Å². The Kier molecular flexibility index (Phi) is 6.24. The van der Waals surface area contributed by atoms with E-state index >= 15 is 0 Å². The number of nitrogens with one attached hydrogen (secondary N) is 2. The maximum Gasteiger partial charge on any atom is 0.249 e. The highest BCUT2D eigenvalue weighted by molar-refractivity contribution is 6.00. The Hall–Kier alpha value is -2.74. The van der Waals surface area contributed by atoms with Crippen LogP contribution in [0.5, 0.6) is 0 Å². The Morgan fingerprint density at radius 3 is 2.84 bits per heavy atom. The van der Waals surface area contributed by atoms with Crippen LogP contribution in [0.4, 0.5) is 5.69 Å². The van der Waals surface area contributed by atoms with Gasteiger partial charge in [-0.3, -0.25) is 24.5 Å². The number of benzene rings is 1. The predicted octanol–water partition coefficient (Wildman–Crippen LogP) is 0.0459. The van der Waals surface area contributed by atoms with Crippen molar-refractivity contribution in [2.45, 2.75) is 38.8 Å². The maximum absolute atomic E-state index is 12.0. The Balaban J connectivity index is 2.22. The largest absolute Gasteiger partial charge is 0.330 e. The number of aryl methyl sites for hydroxylation is 1. The molecular weight excluding hydrogens is 324 g/mol. The number of hydrogen-bond acceptors (Lipinski definition) is 5. The molecule has 1 aromatic rings. The molecule has 1 aliphatic rings. The molecule has 2 rings (SSSR count). The van der Waals surface area contributed by atoms with E-state index in [9.17, 15) is 19.2 Å². The summed E-state index contributed by atoms with van der Waals surface area (Å²) in [5.41, 5.74) is 7.59. The van der Waals surface area contributed by atoms with Gasteiger partial charge < -0.3 is 16.0 Å². The third-order valence-electron chi connectivity index (χ3n) is 4.14. The first kappa shape index (κ1) is 18.6. The molecular formula is C17H22N4O4. The molecule has 134 valence electrons. The van der Waals surface area contributed by atoms with Crippen molar-refractivity contribution in [1.82, 2.24) is 10.2 Å². The monoisotopic (exact) mass is 346 g/mol. The molecule has 1 heterocycles. The summed E-state index contributed by atoms with van der Waals surface area (Å²) in [4.78, 5) is 48.0. The second kappa shape index (κ2) is 8.39. The Morgan fingerprint density at radius 1 is 1.44 bits per heavy atom. The van der Waals surface area contributed by atoms with Gasteiger partial charge in [-0.1, -0.05) is 12.1 Å². The van der Waals surface area contributed by atoms with Crippen molar-refractivity contribution in [3.8, 4) is 0 Å². The zero-order chi connectivity index (χ0) is 18.4. The van der Waals surface area contributed by atoms with Gasteiger partial charge >= 0.3 is 0 Å². The van der Waals surface area contributed by atoms with Crippen LogP contribution in [-0.2, 0) is 25.7 Å². The van der Waals surface area contributed by atoms with Gasteiger partial charge in [0.2, 0.25) is 24.1 Å². The highest BCUT2D eigenvalue weighted by atomic mass is 16.2. The standard InChI is InChI=1S/C17H22N4O4/c1-11-3-2-4-13(19-16(24)7-8-18)12(11)9-21(10-22)14-5-6-15(23)20-17(14)25/h2-4,10,14H,5-9,18H2,1H3,(H,19,24)(H,20,23,25). The minimum atomic E-state index is -0.706. The van der Waals surface area contributed by atoms with Crippen molar-refractivity contribution in [2.24, 2.45) is 5.73 Å². The smallest absolute Gasteiger partial charge is 0.249 e. The normalized spacial score (nSPS) is 17.0. The van der Waals surface area contributed by atoms with Crippen molar-refractivity contribution < 1.29 is 19.2 Å². The van der Waals surface area contributed by atoms with E-state index in [1.54, 1.807) is 12.1 Å². The van der Waals surface area contributed by atoms with Gasteiger partial charge in [0.15, 0.2) is 0 Å². The number of nitrogens with zero attached hydrogens (tertiary/aromatic N) is 1. The number of carbonyl (C=O) groups excluding carboxylic acids is 4. The summed E-state index contributed by atoms with van der Waals surface area (Å²) in [7, 11) is 0. The van der Waals surface area contributed by atoms with Gasteiger partial charge in [-0.05, 0) is 30.5 Å². The summed E-state index contributed by atoms with van der Waals surface area (Å²) in [6, 6.07) is 4.70. The van der Waals surface area contributed by atoms with Crippen LogP contribution in [0.2, 0.25) is 0 Å². The molecule has 1 saturated heterocycles. The van der Waals surface area contributed by atoms with Gasteiger partial charge in [0.25, 0.3) is 0 Å². The fraction of sp³-hybridized carbons (Fsp3) is 0.412. The van der Waals surface area contributed by atoms with Gasteiger partial charge in [0.1, 0.15) is 6.04 Å². The minimum Gasteiger partial charge on any atom is -0.330 e. The molecule has 4 N–H and O–H groups in total. The van der Waals surface area contributed by atoms with Crippen LogP contribution < -0.4 is 16.4 Å². The summed E-state index contributed by atoms with van der Waals surface area (Å²) in [6.45, 7) is 2.26. The predicted molar refractivity (Wildman–Crippen MR) is 91.3 cm³/mol. The average Bonchev–Trinajstić information content (AvgIpc) is 2.55. The molecule has 0 radical (unpaired) electrons. The summed E-state index contributed by atoms with van der Waals surface area (Å²) in [5.74, 6) is -1.03. The SMILES string of the molecule is Cc1cccc(NC(=O)CCN)c1CN(C=O)C1CCC(=O)NC1=O. The summed E-state index contributed by atoms with van der Waals surface area (Å²) in [6.07, 6.45) is 1.26. The fourth-order valence-corrected chi connectivity index (χ4v) is 2.78. The lowest BCUT2D eigenvalue weighted by molar-refractivity contribution is -0.141. The number of amides is 4. The molecule has 0 aromatic heterocycles. The van der Waals surface area contributed by atoms with Crippen LogP contribution in [0.3, 0.4) is 0 Å². The van der Waals surface area contributed by atoms with Crippen molar-refractivity contribution in [1.29, 1.82) is 0 Å². The van der Waals surface area contributed by atoms with E-state index in [4.69, 9.17) is 5.73 Å². The number of hydrogen-bond donors (Lipinski definition) is 3. The Morgan fingerprint density at radius 2 is 2.20 bits per heavy atom. The number of rotatable bonds is 7. The van der Waals surface area contributed by atoms with Crippen molar-refractivity contribution in [3.63, 3.8) is 0 Å². The Bertz CT molecular complexity index is 689. The summed E-state index contributed by atoms with van der Waals surface area (Å²) < 4.78 is 0. The zero-order valence-electron chi connectivity index (χ0n) is 14.1. The van der Waals surface area contributed by atoms with E-state index in [1.165, 1.54) is 4.90 Å². The first-order chi connectivity index (χ1) is 12.0. The van der Waals surface area contributed by atoms with E-state index < -0.39 is 11.9 Å². The molecule has 8 nitrogen and oxygen atoms in total. The highest BCUT2D eigenvalue weighted by Gasteiger charge is 2.31. The fourth-order valence-electron chi connectivity index (χ4n) is 2.78. The number of piperidine rings is 1. The van der Waals surface area contributed by atoms with Gasteiger partial charge in [-0.15, -0.1) is 0 Å². The first-order valence-corrected chi connectivity index (χ1v) is 8.09. The molecule has 25 heavy (non-hydrogen) atoms. The third kappa shape index (κ3) is 4.63. The quantitative estimate of drug-likeness (QED) is 0.475. The first-order valence-electron chi connectivity index (χ1n) is 8.09. The van der Waals surface area contributed by atoms with E-state index in [0.717, 1.165) is 11.1 Å². The zero-order valence-corrected chi connectivity index (χ0v) is 14.1. The molecule has 1 aromatic carbocycles. The van der Waals surface area contributed by atoms with Crippen molar-refractivity contribution >= 4 is 29.8 Å². The van der Waals surface area contributed by atoms with E-state index in [1.807, 2.05) is 13.0 Å². The third-order valence-corrected chi connectivity index (χ3v) is 4.14. The van der Waals surface area contributed by atoms with Crippen LogP contribution in [-0.4, -0.2) is 41.6 Å². The molecule has 1 unspecified atom stereocenters. The lowest BCUT2D eigenvalue weighted by Gasteiger charge is -2.31. The van der Waals surface area contributed by atoms with Gasteiger partial charge in [-0.2, -0.15) is 0 Å². The van der Waals surface area contributed by atoms with E-state index in [2.05, 4.69) is 10.6 Å². The lowest BCUT2D eigenvalue weighted by atomic mass is 10.0. The molecule has 0 aliphatic carbocycles. The maximum atomic E-state index is 12.0. The second-order valence-electron chi connectivity index (χ2n) is 5.93. The minimum absolute atomic E-state index is 0.153. The molecule has 0 saturated carbocycles. The molecule has 1 atom stereocenters. The molecule has 8 heteroatoms. The molecule has 0 bridgehead atoms. The summed E-state index contributed by atoms with van der Waals surface area (Å²) in [5, 5.41) is 5.03. The van der Waals surface area contributed by atoms with Crippen LogP contribution in [0.1, 0.15) is 30.4 Å². The van der Waals surface area contributed by atoms with Gasteiger partial charge in [-0.25, -0.2) is 0 Å². The number of imide groups is 1. The van der Waals surface area contributed by atoms with Crippen LogP contribution in [0, 0.1) is 6.92 Å². The van der Waals surface area contributed by atoms with Crippen LogP contribution >= 0.6 is 0 Å². The van der Waals surface area contributed by atoms with E-state index in [0.29, 0.717) is 12.1 Å². The number of carbonyl (C=O) groups is 4. The van der Waals surface area contributed by atoms with Gasteiger partial charge in [0, 0.05) is 31.6 Å².